The zero-order chi connectivity index (χ0) is 36.3. The first-order valence-corrected chi connectivity index (χ1v) is 18.6. The Labute approximate surface area is 317 Å². The van der Waals surface area contributed by atoms with E-state index in [1.165, 1.54) is 48.9 Å². The van der Waals surface area contributed by atoms with Gasteiger partial charge in [0.15, 0.2) is 17.5 Å². The molecule has 0 atom stereocenters. The Morgan fingerprint density at radius 2 is 0.836 bits per heavy atom. The lowest BCUT2D eigenvalue weighted by Crippen LogP contribution is -2.02. The molecule has 0 aliphatic heterocycles. The third-order valence-electron chi connectivity index (χ3n) is 10.8. The van der Waals surface area contributed by atoms with E-state index in [0.29, 0.717) is 17.5 Å². The van der Waals surface area contributed by atoms with E-state index in [0.717, 1.165) is 38.7 Å². The lowest BCUT2D eigenvalue weighted by atomic mass is 10.0. The molecule has 2 aromatic heterocycles. The largest absolute Gasteiger partial charge is 0.309 e. The second-order valence-corrected chi connectivity index (χ2v) is 14.0. The zero-order valence-electron chi connectivity index (χ0n) is 29.8. The molecule has 0 N–H and O–H groups in total. The molecule has 0 unspecified atom stereocenters. The predicted octanol–water partition coefficient (Wildman–Crippen LogP) is 13.1. The average molecular weight is 701 g/mol. The van der Waals surface area contributed by atoms with Gasteiger partial charge >= 0.3 is 0 Å². The van der Waals surface area contributed by atoms with Gasteiger partial charge in [-0.3, -0.25) is 0 Å². The fraction of sp³-hybridized carbons (Fsp3) is 0. The van der Waals surface area contributed by atoms with Crippen LogP contribution in [0.3, 0.4) is 0 Å². The topological polar surface area (TPSA) is 43.6 Å². The third kappa shape index (κ3) is 5.19. The Balaban J connectivity index is 1.14. The molecule has 11 rings (SSSR count). The summed E-state index contributed by atoms with van der Waals surface area (Å²) in [7, 11) is 0. The molecule has 0 aliphatic carbocycles. The van der Waals surface area contributed by atoms with Crippen LogP contribution < -0.4 is 0 Å². The highest BCUT2D eigenvalue weighted by molar-refractivity contribution is 6.23. The molecule has 4 heteroatoms. The molecule has 0 amide bonds. The van der Waals surface area contributed by atoms with Crippen LogP contribution in [0, 0.1) is 0 Å². The summed E-state index contributed by atoms with van der Waals surface area (Å²) in [5, 5.41) is 9.64. The number of rotatable bonds is 5. The number of fused-ring (bicyclic) bond motifs is 7. The molecule has 55 heavy (non-hydrogen) atoms. The van der Waals surface area contributed by atoms with Crippen molar-refractivity contribution in [3.8, 4) is 51.0 Å². The van der Waals surface area contributed by atoms with Crippen molar-refractivity contribution in [1.29, 1.82) is 0 Å². The van der Waals surface area contributed by atoms with E-state index in [9.17, 15) is 0 Å². The Morgan fingerprint density at radius 1 is 0.309 bits per heavy atom. The predicted molar refractivity (Wildman–Crippen MR) is 228 cm³/mol. The van der Waals surface area contributed by atoms with Gasteiger partial charge in [-0.25, -0.2) is 15.0 Å². The average Bonchev–Trinajstić information content (AvgIpc) is 3.59. The van der Waals surface area contributed by atoms with E-state index >= 15 is 0 Å². The van der Waals surface area contributed by atoms with E-state index in [1.54, 1.807) is 0 Å². The fourth-order valence-corrected chi connectivity index (χ4v) is 8.19. The van der Waals surface area contributed by atoms with Crippen LogP contribution in [0.5, 0.6) is 0 Å². The summed E-state index contributed by atoms with van der Waals surface area (Å²) in [5.74, 6) is 1.91. The second-order valence-electron chi connectivity index (χ2n) is 14.0. The van der Waals surface area contributed by atoms with Crippen molar-refractivity contribution in [1.82, 2.24) is 19.5 Å². The summed E-state index contributed by atoms with van der Waals surface area (Å²) >= 11 is 0. The minimum atomic E-state index is 0.637. The number of benzene rings is 9. The molecule has 0 spiro atoms. The van der Waals surface area contributed by atoms with E-state index in [2.05, 4.69) is 174 Å². The molecule has 0 saturated heterocycles. The van der Waals surface area contributed by atoms with Crippen molar-refractivity contribution in [2.75, 3.05) is 0 Å². The SMILES string of the molecule is c1ccc(-c2ccc(-c3nc(-c4ccccc4)nc(-c4ccc(-n5c6cc7ccccc7cc6c6c7ccccc7ccc65)c5ccccc45)n3)cc2)cc1. The normalized spacial score (nSPS) is 11.6. The Kier molecular flexibility index (Phi) is 7.14. The minimum absolute atomic E-state index is 0.637. The number of nitrogens with zero attached hydrogens (tertiary/aromatic N) is 4. The molecule has 11 aromatic rings. The highest BCUT2D eigenvalue weighted by Gasteiger charge is 2.20. The lowest BCUT2D eigenvalue weighted by molar-refractivity contribution is 1.08. The van der Waals surface area contributed by atoms with Crippen LogP contribution in [0.4, 0.5) is 0 Å². The van der Waals surface area contributed by atoms with Gasteiger partial charge in [-0.2, -0.15) is 0 Å². The van der Waals surface area contributed by atoms with Gasteiger partial charge in [-0.15, -0.1) is 0 Å². The quantitative estimate of drug-likeness (QED) is 0.179. The first-order chi connectivity index (χ1) is 27.3. The molecule has 0 saturated carbocycles. The second kappa shape index (κ2) is 12.6. The summed E-state index contributed by atoms with van der Waals surface area (Å²) in [6, 6.07) is 68.7. The van der Waals surface area contributed by atoms with Crippen LogP contribution in [0.1, 0.15) is 0 Å². The summed E-state index contributed by atoms with van der Waals surface area (Å²) in [6.45, 7) is 0. The number of hydrogen-bond acceptors (Lipinski definition) is 3. The van der Waals surface area contributed by atoms with Gasteiger partial charge in [-0.05, 0) is 68.4 Å². The van der Waals surface area contributed by atoms with Crippen molar-refractivity contribution in [3.63, 3.8) is 0 Å². The fourth-order valence-electron chi connectivity index (χ4n) is 8.19. The first-order valence-electron chi connectivity index (χ1n) is 18.6. The molecule has 256 valence electrons. The van der Waals surface area contributed by atoms with E-state index in [1.807, 2.05) is 24.3 Å². The highest BCUT2D eigenvalue weighted by Crippen LogP contribution is 2.41. The lowest BCUT2D eigenvalue weighted by Gasteiger charge is -2.15. The van der Waals surface area contributed by atoms with Gasteiger partial charge in [0, 0.05) is 32.8 Å². The van der Waals surface area contributed by atoms with Crippen molar-refractivity contribution < 1.29 is 0 Å². The Hall–Kier alpha value is -7.43. The maximum absolute atomic E-state index is 5.18. The summed E-state index contributed by atoms with van der Waals surface area (Å²) in [4.78, 5) is 15.4. The van der Waals surface area contributed by atoms with Crippen molar-refractivity contribution in [2.45, 2.75) is 0 Å². The van der Waals surface area contributed by atoms with Crippen LogP contribution in [-0.4, -0.2) is 19.5 Å². The van der Waals surface area contributed by atoms with Gasteiger partial charge in [-0.1, -0.05) is 164 Å². The minimum Gasteiger partial charge on any atom is -0.309 e. The smallest absolute Gasteiger partial charge is 0.164 e. The molecule has 9 aromatic carbocycles. The summed E-state index contributed by atoms with van der Waals surface area (Å²) in [5.41, 5.74) is 8.62. The molecule has 0 bridgehead atoms. The number of hydrogen-bond donors (Lipinski definition) is 0. The van der Waals surface area contributed by atoms with Gasteiger partial charge < -0.3 is 4.57 Å². The van der Waals surface area contributed by atoms with E-state index < -0.39 is 0 Å². The Morgan fingerprint density at radius 3 is 1.56 bits per heavy atom. The highest BCUT2D eigenvalue weighted by atomic mass is 15.0. The summed E-state index contributed by atoms with van der Waals surface area (Å²) in [6.07, 6.45) is 0. The zero-order valence-corrected chi connectivity index (χ0v) is 29.8. The van der Waals surface area contributed by atoms with Crippen LogP contribution in [0.25, 0.3) is 105 Å². The standard InChI is InChI=1S/C51H32N4/c1-3-13-33(14-4-1)34-23-25-37(26-24-34)50-52-49(36-16-5-2-6-17-36)53-51(54-50)43-28-30-45(42-22-12-11-21-41(42)43)55-46-29-27-35-15-9-10-20-40(35)48(46)44-31-38-18-7-8-19-39(38)32-47(44)55/h1-32H. The molecular formula is C51H32N4. The first kappa shape index (κ1) is 31.1. The summed E-state index contributed by atoms with van der Waals surface area (Å²) < 4.78 is 2.44. The molecule has 0 radical (unpaired) electrons. The van der Waals surface area contributed by atoms with Gasteiger partial charge in [0.1, 0.15) is 0 Å². The van der Waals surface area contributed by atoms with Crippen molar-refractivity contribution >= 4 is 54.1 Å². The van der Waals surface area contributed by atoms with Crippen LogP contribution >= 0.6 is 0 Å². The van der Waals surface area contributed by atoms with Crippen LogP contribution in [0.2, 0.25) is 0 Å². The van der Waals surface area contributed by atoms with Crippen molar-refractivity contribution in [2.24, 2.45) is 0 Å². The maximum atomic E-state index is 5.18. The van der Waals surface area contributed by atoms with Gasteiger partial charge in [0.2, 0.25) is 0 Å². The van der Waals surface area contributed by atoms with Crippen LogP contribution in [-0.2, 0) is 0 Å². The molecule has 0 aliphatic rings. The Bertz CT molecular complexity index is 3240. The van der Waals surface area contributed by atoms with Gasteiger partial charge in [0.05, 0.1) is 16.7 Å². The van der Waals surface area contributed by atoms with E-state index in [-0.39, 0.29) is 0 Å². The van der Waals surface area contributed by atoms with Crippen molar-refractivity contribution in [3.05, 3.63) is 194 Å². The molecule has 2 heterocycles. The van der Waals surface area contributed by atoms with Crippen LogP contribution in [0.15, 0.2) is 194 Å². The maximum Gasteiger partial charge on any atom is 0.164 e. The molecule has 0 fully saturated rings. The van der Waals surface area contributed by atoms with Gasteiger partial charge in [0.25, 0.3) is 0 Å². The third-order valence-corrected chi connectivity index (χ3v) is 10.8. The molecule has 4 nitrogen and oxygen atoms in total. The number of aromatic nitrogens is 4. The molecular weight excluding hydrogens is 669 g/mol. The van der Waals surface area contributed by atoms with E-state index in [4.69, 9.17) is 15.0 Å². The monoisotopic (exact) mass is 700 g/mol.